The van der Waals surface area contributed by atoms with Gasteiger partial charge in [-0.15, -0.1) is 0 Å². The molecule has 0 amide bonds. The van der Waals surface area contributed by atoms with E-state index in [1.165, 1.54) is 21.1 Å². The van der Waals surface area contributed by atoms with Gasteiger partial charge in [-0.1, -0.05) is 58.3 Å². The normalized spacial score (nSPS) is 12.8. The highest BCUT2D eigenvalue weighted by Crippen LogP contribution is 2.13. The third kappa shape index (κ3) is 5.66. The molecule has 0 aliphatic rings. The fourth-order valence-electron chi connectivity index (χ4n) is 1.84. The lowest BCUT2D eigenvalue weighted by atomic mass is 10.0. The van der Waals surface area contributed by atoms with Gasteiger partial charge in [0.1, 0.15) is 26.5 Å². The quantitative estimate of drug-likeness (QED) is 0.504. The maximum atomic E-state index is 11.7. The summed E-state index contributed by atoms with van der Waals surface area (Å²) in [4.78, 5) is 26.4. The molecule has 1 aromatic rings. The van der Waals surface area contributed by atoms with Gasteiger partial charge in [-0.3, -0.25) is 4.79 Å². The Balaban J connectivity index is 2.96. The van der Waals surface area contributed by atoms with Crippen molar-refractivity contribution in [2.45, 2.75) is 26.9 Å². The number of ketones is 1. The van der Waals surface area contributed by atoms with Crippen LogP contribution in [0.1, 0.15) is 31.4 Å². The Morgan fingerprint density at radius 1 is 1.12 bits per heavy atom. The summed E-state index contributed by atoms with van der Waals surface area (Å²) < 4.78 is 0. The van der Waals surface area contributed by atoms with E-state index in [4.69, 9.17) is 21.3 Å². The molecule has 8 heteroatoms. The Labute approximate surface area is 145 Å². The molecular formula is C16H20ClN3O4. The van der Waals surface area contributed by atoms with E-state index in [1.807, 2.05) is 13.0 Å². The molecule has 0 radical (unpaired) electrons. The van der Waals surface area contributed by atoms with Gasteiger partial charge in [0.05, 0.1) is 0 Å². The molecule has 24 heavy (non-hydrogen) atoms. The average molecular weight is 354 g/mol. The molecule has 130 valence electrons. The Kier molecular flexibility index (Phi) is 8.49. The first kappa shape index (κ1) is 19.6. The van der Waals surface area contributed by atoms with Crippen LogP contribution in [-0.4, -0.2) is 36.6 Å². The average Bonchev–Trinajstić information content (AvgIpc) is 2.57. The number of benzene rings is 1. The van der Waals surface area contributed by atoms with Crippen molar-refractivity contribution in [1.29, 1.82) is 0 Å². The molecule has 0 saturated heterocycles. The Bertz CT molecular complexity index is 656. The predicted molar refractivity (Wildman–Crippen MR) is 93.5 cm³/mol. The highest BCUT2D eigenvalue weighted by Gasteiger charge is 2.15. The van der Waals surface area contributed by atoms with Gasteiger partial charge in [0.2, 0.25) is 0 Å². The molecule has 0 aliphatic carbocycles. The first-order valence-corrected chi connectivity index (χ1v) is 7.59. The number of rotatable bonds is 9. The van der Waals surface area contributed by atoms with E-state index >= 15 is 0 Å². The molecule has 0 heterocycles. The molecular weight excluding hydrogens is 334 g/mol. The van der Waals surface area contributed by atoms with E-state index in [9.17, 15) is 4.79 Å². The zero-order valence-electron chi connectivity index (χ0n) is 14.1. The van der Waals surface area contributed by atoms with Crippen LogP contribution in [-0.2, 0) is 25.9 Å². The summed E-state index contributed by atoms with van der Waals surface area (Å²) in [5.41, 5.74) is 2.01. The number of hydrogen-bond donors (Lipinski definition) is 0. The fraction of sp³-hybridized carbons (Fsp3) is 0.375. The summed E-state index contributed by atoms with van der Waals surface area (Å²) in [6.45, 7) is 3.39. The van der Waals surface area contributed by atoms with E-state index < -0.39 is 0 Å². The van der Waals surface area contributed by atoms with Crippen molar-refractivity contribution < 1.29 is 19.3 Å². The lowest BCUT2D eigenvalue weighted by molar-refractivity contribution is -0.111. The monoisotopic (exact) mass is 353 g/mol. The minimum absolute atomic E-state index is 0.104. The van der Waals surface area contributed by atoms with Crippen LogP contribution in [0, 0.1) is 0 Å². The van der Waals surface area contributed by atoms with Crippen LogP contribution >= 0.6 is 11.6 Å². The minimum atomic E-state index is -0.216. The molecule has 0 N–H and O–H groups in total. The molecule has 1 aromatic carbocycles. The highest BCUT2D eigenvalue weighted by atomic mass is 35.5. The molecule has 7 nitrogen and oxygen atoms in total. The Morgan fingerprint density at radius 2 is 1.79 bits per heavy atom. The summed E-state index contributed by atoms with van der Waals surface area (Å²) in [6, 6.07) is 7.18. The van der Waals surface area contributed by atoms with Gasteiger partial charge in [0, 0.05) is 18.1 Å². The van der Waals surface area contributed by atoms with Crippen LogP contribution in [0.25, 0.3) is 0 Å². The van der Waals surface area contributed by atoms with Crippen molar-refractivity contribution in [1.82, 2.24) is 0 Å². The van der Waals surface area contributed by atoms with Gasteiger partial charge in [-0.05, 0) is 6.42 Å². The molecule has 0 aliphatic heterocycles. The van der Waals surface area contributed by atoms with Gasteiger partial charge >= 0.3 is 0 Å². The van der Waals surface area contributed by atoms with Crippen LogP contribution in [0.15, 0.2) is 39.7 Å². The second kappa shape index (κ2) is 10.4. The summed E-state index contributed by atoms with van der Waals surface area (Å²) in [5.74, 6) is -0.216. The number of hydrogen-bond acceptors (Lipinski definition) is 7. The van der Waals surface area contributed by atoms with E-state index in [1.54, 1.807) is 18.2 Å². The van der Waals surface area contributed by atoms with Crippen LogP contribution in [0.2, 0.25) is 0 Å². The summed E-state index contributed by atoms with van der Waals surface area (Å²) >= 11 is 6.01. The highest BCUT2D eigenvalue weighted by molar-refractivity contribution is 6.83. The SMILES string of the molecule is CCC(=NOC)C(Cl)=NOCc1ccccc1C(=NOC)C(C)=O. The first-order chi connectivity index (χ1) is 11.5. The van der Waals surface area contributed by atoms with Gasteiger partial charge in [0.15, 0.2) is 16.7 Å². The molecule has 0 fully saturated rings. The van der Waals surface area contributed by atoms with E-state index in [0.29, 0.717) is 17.7 Å². The third-order valence-corrected chi connectivity index (χ3v) is 3.21. The zero-order valence-corrected chi connectivity index (χ0v) is 14.8. The predicted octanol–water partition coefficient (Wildman–Crippen LogP) is 3.11. The van der Waals surface area contributed by atoms with E-state index in [-0.39, 0.29) is 23.3 Å². The molecule has 0 bridgehead atoms. The van der Waals surface area contributed by atoms with Crippen LogP contribution in [0.4, 0.5) is 0 Å². The van der Waals surface area contributed by atoms with Crippen molar-refractivity contribution in [3.63, 3.8) is 0 Å². The summed E-state index contributed by atoms with van der Waals surface area (Å²) in [6.07, 6.45) is 0.547. The summed E-state index contributed by atoms with van der Waals surface area (Å²) in [5, 5.41) is 11.5. The van der Waals surface area contributed by atoms with E-state index in [0.717, 1.165) is 5.56 Å². The number of oxime groups is 3. The third-order valence-electron chi connectivity index (χ3n) is 2.93. The van der Waals surface area contributed by atoms with Gasteiger partial charge in [0.25, 0.3) is 0 Å². The molecule has 0 unspecified atom stereocenters. The number of Topliss-reactive ketones (excluding diaryl/α,β-unsaturated/α-hetero) is 1. The Hall–Kier alpha value is -2.41. The first-order valence-electron chi connectivity index (χ1n) is 7.21. The number of carbonyl (C=O) groups is 1. The lowest BCUT2D eigenvalue weighted by Gasteiger charge is -2.09. The zero-order chi connectivity index (χ0) is 17.9. The van der Waals surface area contributed by atoms with Crippen molar-refractivity contribution in [3.05, 3.63) is 35.4 Å². The van der Waals surface area contributed by atoms with Crippen molar-refractivity contribution in [3.8, 4) is 0 Å². The van der Waals surface area contributed by atoms with Crippen molar-refractivity contribution in [2.24, 2.45) is 15.5 Å². The maximum absolute atomic E-state index is 11.7. The molecule has 1 rings (SSSR count). The van der Waals surface area contributed by atoms with E-state index in [2.05, 4.69) is 20.3 Å². The molecule has 0 spiro atoms. The van der Waals surface area contributed by atoms with Gasteiger partial charge < -0.3 is 14.5 Å². The minimum Gasteiger partial charge on any atom is -0.399 e. The van der Waals surface area contributed by atoms with Gasteiger partial charge in [-0.25, -0.2) is 0 Å². The largest absolute Gasteiger partial charge is 0.399 e. The number of carbonyl (C=O) groups excluding carboxylic acids is 1. The summed E-state index contributed by atoms with van der Waals surface area (Å²) in [7, 11) is 2.81. The molecule has 0 atom stereocenters. The number of halogens is 1. The topological polar surface area (TPSA) is 81.8 Å². The maximum Gasteiger partial charge on any atom is 0.193 e. The van der Waals surface area contributed by atoms with Gasteiger partial charge in [-0.2, -0.15) is 0 Å². The number of nitrogens with zero attached hydrogens (tertiary/aromatic N) is 3. The standard InChI is InChI=1S/C16H20ClN3O4/c1-5-14(18-22-3)16(17)20-24-10-12-8-6-7-9-13(12)15(11(2)21)19-23-4/h6-9H,5,10H2,1-4H3. The lowest BCUT2D eigenvalue weighted by Crippen LogP contribution is -2.15. The smallest absolute Gasteiger partial charge is 0.193 e. The molecule has 0 saturated carbocycles. The molecule has 0 aromatic heterocycles. The van der Waals surface area contributed by atoms with Crippen LogP contribution < -0.4 is 0 Å². The van der Waals surface area contributed by atoms with Crippen LogP contribution in [0.3, 0.4) is 0 Å². The Morgan fingerprint density at radius 3 is 2.38 bits per heavy atom. The van der Waals surface area contributed by atoms with Crippen molar-refractivity contribution >= 4 is 34.0 Å². The second-order valence-corrected chi connectivity index (χ2v) is 4.92. The van der Waals surface area contributed by atoms with Crippen LogP contribution in [0.5, 0.6) is 0 Å². The fourth-order valence-corrected chi connectivity index (χ4v) is 2.06. The second-order valence-electron chi connectivity index (χ2n) is 4.57. The van der Waals surface area contributed by atoms with Crippen molar-refractivity contribution in [2.75, 3.05) is 14.2 Å².